The molecule has 0 N–H and O–H groups in total. The van der Waals surface area contributed by atoms with Gasteiger partial charge in [0.2, 0.25) is 0 Å². The van der Waals surface area contributed by atoms with E-state index in [1.807, 2.05) is 13.8 Å². The predicted octanol–water partition coefficient (Wildman–Crippen LogP) is 5.43. The first-order chi connectivity index (χ1) is 11.5. The zero-order valence-electron chi connectivity index (χ0n) is 14.9. The molecule has 138 valence electrons. The molecule has 6 heteroatoms. The van der Waals surface area contributed by atoms with Crippen LogP contribution < -0.4 is 0 Å². The lowest BCUT2D eigenvalue weighted by Gasteiger charge is -2.35. The van der Waals surface area contributed by atoms with Gasteiger partial charge in [-0.1, -0.05) is 26.7 Å². The number of rotatable bonds is 4. The highest BCUT2D eigenvalue weighted by Crippen LogP contribution is 2.36. The minimum absolute atomic E-state index is 0.489. The third-order valence-electron chi connectivity index (χ3n) is 5.60. The van der Waals surface area contributed by atoms with E-state index in [0.717, 1.165) is 77.0 Å². The summed E-state index contributed by atoms with van der Waals surface area (Å²) in [4.78, 5) is 32.7. The maximum Gasteiger partial charge on any atom is 0.550 e. The van der Waals surface area contributed by atoms with E-state index in [-0.39, 0.29) is 0 Å². The Hall–Kier alpha value is -1.46. The second kappa shape index (κ2) is 8.58. The average Bonchev–Trinajstić information content (AvgIpc) is 2.61. The molecule has 0 atom stereocenters. The fourth-order valence-electron chi connectivity index (χ4n) is 3.90. The van der Waals surface area contributed by atoms with Crippen molar-refractivity contribution in [2.75, 3.05) is 0 Å². The summed E-state index contributed by atoms with van der Waals surface area (Å²) in [5.74, 6) is 0. The molecule has 6 nitrogen and oxygen atoms in total. The number of hydrogen-bond donors (Lipinski definition) is 0. The number of carbonyl (C=O) groups excluding carboxylic acids is 2. The van der Waals surface area contributed by atoms with E-state index in [1.165, 1.54) is 0 Å². The summed E-state index contributed by atoms with van der Waals surface area (Å²) in [6.45, 7) is 3.98. The second-order valence-electron chi connectivity index (χ2n) is 7.07. The molecule has 24 heavy (non-hydrogen) atoms. The predicted molar refractivity (Wildman–Crippen MR) is 87.3 cm³/mol. The van der Waals surface area contributed by atoms with Crippen molar-refractivity contribution < 1.29 is 28.8 Å². The number of ether oxygens (including phenoxy) is 2. The Labute approximate surface area is 144 Å². The zero-order chi connectivity index (χ0) is 17.5. The smallest absolute Gasteiger partial charge is 0.425 e. The van der Waals surface area contributed by atoms with E-state index in [0.29, 0.717) is 0 Å². The molecule has 2 fully saturated rings. The first kappa shape index (κ1) is 18.9. The highest BCUT2D eigenvalue weighted by atomic mass is 17.3. The van der Waals surface area contributed by atoms with E-state index < -0.39 is 23.5 Å². The molecular formula is C18H30O6. The molecule has 0 saturated heterocycles. The molecule has 2 saturated carbocycles. The van der Waals surface area contributed by atoms with E-state index in [4.69, 9.17) is 9.47 Å². The van der Waals surface area contributed by atoms with Crippen LogP contribution in [0.25, 0.3) is 0 Å². The van der Waals surface area contributed by atoms with Crippen LogP contribution in [0.5, 0.6) is 0 Å². The molecule has 2 rings (SSSR count). The van der Waals surface area contributed by atoms with Crippen LogP contribution >= 0.6 is 0 Å². The third-order valence-corrected chi connectivity index (χ3v) is 5.60. The van der Waals surface area contributed by atoms with E-state index in [2.05, 4.69) is 9.78 Å². The molecule has 0 radical (unpaired) electrons. The van der Waals surface area contributed by atoms with Crippen LogP contribution in [0.2, 0.25) is 0 Å². The average molecular weight is 342 g/mol. The van der Waals surface area contributed by atoms with Gasteiger partial charge in [-0.3, -0.25) is 0 Å². The van der Waals surface area contributed by atoms with E-state index >= 15 is 0 Å². The monoisotopic (exact) mass is 342 g/mol. The van der Waals surface area contributed by atoms with Crippen molar-refractivity contribution in [2.45, 2.75) is 102 Å². The molecule has 0 aromatic carbocycles. The maximum atomic E-state index is 11.8. The lowest BCUT2D eigenvalue weighted by atomic mass is 9.83. The molecule has 0 unspecified atom stereocenters. The van der Waals surface area contributed by atoms with E-state index in [1.54, 1.807) is 0 Å². The summed E-state index contributed by atoms with van der Waals surface area (Å²) in [5.41, 5.74) is -0.979. The third kappa shape index (κ3) is 5.02. The molecule has 0 bridgehead atoms. The Balaban J connectivity index is 1.77. The molecule has 2 aliphatic rings. The van der Waals surface area contributed by atoms with Crippen molar-refractivity contribution in [3.8, 4) is 0 Å². The maximum absolute atomic E-state index is 11.8. The summed E-state index contributed by atoms with van der Waals surface area (Å²) in [7, 11) is 0. The Morgan fingerprint density at radius 1 is 0.667 bits per heavy atom. The highest BCUT2D eigenvalue weighted by molar-refractivity contribution is 5.64. The quantitative estimate of drug-likeness (QED) is 0.385. The van der Waals surface area contributed by atoms with Gasteiger partial charge in [0.05, 0.1) is 0 Å². The topological polar surface area (TPSA) is 71.1 Å². The molecule has 0 heterocycles. The Morgan fingerprint density at radius 3 is 1.29 bits per heavy atom. The van der Waals surface area contributed by atoms with Crippen LogP contribution in [0.15, 0.2) is 0 Å². The van der Waals surface area contributed by atoms with Gasteiger partial charge in [-0.2, -0.15) is 19.4 Å². The van der Waals surface area contributed by atoms with Crippen molar-refractivity contribution in [3.05, 3.63) is 0 Å². The lowest BCUT2D eigenvalue weighted by Crippen LogP contribution is -2.38. The van der Waals surface area contributed by atoms with Gasteiger partial charge < -0.3 is 9.47 Å². The first-order valence-electron chi connectivity index (χ1n) is 9.34. The van der Waals surface area contributed by atoms with Crippen LogP contribution in [-0.2, 0) is 19.2 Å². The first-order valence-corrected chi connectivity index (χ1v) is 9.34. The fourth-order valence-corrected chi connectivity index (χ4v) is 3.90. The van der Waals surface area contributed by atoms with Gasteiger partial charge in [-0.25, -0.2) is 0 Å². The molecular weight excluding hydrogens is 312 g/mol. The van der Waals surface area contributed by atoms with Gasteiger partial charge in [0, 0.05) is 0 Å². The summed E-state index contributed by atoms with van der Waals surface area (Å²) < 4.78 is 10.9. The van der Waals surface area contributed by atoms with Gasteiger partial charge in [-0.15, -0.1) is 0 Å². The van der Waals surface area contributed by atoms with Gasteiger partial charge in [-0.05, 0) is 64.2 Å². The van der Waals surface area contributed by atoms with Crippen LogP contribution in [0.1, 0.15) is 90.9 Å². The van der Waals surface area contributed by atoms with Gasteiger partial charge in [0.1, 0.15) is 11.2 Å². The molecule has 0 amide bonds. The molecule has 0 aliphatic heterocycles. The van der Waals surface area contributed by atoms with Gasteiger partial charge >= 0.3 is 12.3 Å². The summed E-state index contributed by atoms with van der Waals surface area (Å²) in [6.07, 6.45) is 9.24. The normalized spacial score (nSPS) is 22.2. The largest absolute Gasteiger partial charge is 0.550 e. The summed E-state index contributed by atoms with van der Waals surface area (Å²) in [5, 5.41) is 0. The Bertz CT molecular complexity index is 381. The van der Waals surface area contributed by atoms with Gasteiger partial charge in [0.25, 0.3) is 0 Å². The minimum Gasteiger partial charge on any atom is -0.425 e. The highest BCUT2D eigenvalue weighted by Gasteiger charge is 2.37. The van der Waals surface area contributed by atoms with Crippen LogP contribution in [0.3, 0.4) is 0 Å². The lowest BCUT2D eigenvalue weighted by molar-refractivity contribution is -0.240. The molecule has 0 aromatic rings. The van der Waals surface area contributed by atoms with Crippen molar-refractivity contribution in [3.63, 3.8) is 0 Å². The van der Waals surface area contributed by atoms with Crippen LogP contribution in [-0.4, -0.2) is 23.5 Å². The fraction of sp³-hybridized carbons (Fsp3) is 0.889. The van der Waals surface area contributed by atoms with Gasteiger partial charge in [0.15, 0.2) is 0 Å². The number of hydrogen-bond acceptors (Lipinski definition) is 6. The summed E-state index contributed by atoms with van der Waals surface area (Å²) >= 11 is 0. The SMILES string of the molecule is CCC1(OC(=O)OOC(=O)OC2(CC)CCCCC2)CCCCC1. The standard InChI is InChI=1S/C18H30O6/c1-3-17(11-7-5-8-12-17)21-15(19)23-24-16(20)22-18(4-2)13-9-6-10-14-18/h3-14H2,1-2H3. The van der Waals surface area contributed by atoms with Crippen LogP contribution in [0, 0.1) is 0 Å². The summed E-state index contributed by atoms with van der Waals surface area (Å²) in [6, 6.07) is 0. The zero-order valence-corrected chi connectivity index (χ0v) is 14.9. The Kier molecular flexibility index (Phi) is 6.75. The Morgan fingerprint density at radius 2 is 1.00 bits per heavy atom. The van der Waals surface area contributed by atoms with Crippen molar-refractivity contribution in [1.29, 1.82) is 0 Å². The van der Waals surface area contributed by atoms with Crippen molar-refractivity contribution in [2.24, 2.45) is 0 Å². The van der Waals surface area contributed by atoms with Crippen molar-refractivity contribution >= 4 is 12.3 Å². The van der Waals surface area contributed by atoms with Crippen molar-refractivity contribution in [1.82, 2.24) is 0 Å². The van der Waals surface area contributed by atoms with E-state index in [9.17, 15) is 9.59 Å². The second-order valence-corrected chi connectivity index (χ2v) is 7.07. The van der Waals surface area contributed by atoms with Crippen LogP contribution in [0.4, 0.5) is 9.59 Å². The molecule has 2 aliphatic carbocycles. The molecule has 0 spiro atoms. The minimum atomic E-state index is -0.968. The number of carbonyl (C=O) groups is 2. The molecule has 0 aromatic heterocycles.